The lowest BCUT2D eigenvalue weighted by molar-refractivity contribution is 0.250. The number of sulfonamides is 1. The topological polar surface area (TPSA) is 112 Å². The molecule has 0 amide bonds. The standard InChI is InChI=1S/C26H32ClF2N7O2S/c1-15-13-31-25(33-17-10-19(28)22(20(29)11-17)16-6-8-36(5)9-7-16)34-24(15)32-18-12-21(23(27)30-14-18)35-39(37,38)26(2,3)4/h10-14,16,35H,6-9H2,1-5H3,(H2,31,32,33,34). The zero-order chi connectivity index (χ0) is 28.5. The number of anilines is 5. The van der Waals surface area contributed by atoms with Crippen LogP contribution in [0.1, 0.15) is 50.7 Å². The monoisotopic (exact) mass is 579 g/mol. The van der Waals surface area contributed by atoms with E-state index in [0.717, 1.165) is 13.1 Å². The van der Waals surface area contributed by atoms with E-state index in [1.165, 1.54) is 24.4 Å². The largest absolute Gasteiger partial charge is 0.339 e. The third-order valence-corrected chi connectivity index (χ3v) is 8.99. The van der Waals surface area contributed by atoms with Crippen molar-refractivity contribution in [2.24, 2.45) is 0 Å². The molecule has 0 saturated carbocycles. The molecule has 0 aliphatic carbocycles. The lowest BCUT2D eigenvalue weighted by atomic mass is 9.88. The molecule has 1 aliphatic heterocycles. The fraction of sp³-hybridized carbons (Fsp3) is 0.423. The second-order valence-corrected chi connectivity index (χ2v) is 13.5. The maximum atomic E-state index is 15.0. The van der Waals surface area contributed by atoms with Gasteiger partial charge in [0.25, 0.3) is 0 Å². The maximum Gasteiger partial charge on any atom is 0.237 e. The molecule has 3 N–H and O–H groups in total. The van der Waals surface area contributed by atoms with Crippen molar-refractivity contribution in [1.82, 2.24) is 19.9 Å². The smallest absolute Gasteiger partial charge is 0.237 e. The number of hydrogen-bond donors (Lipinski definition) is 3. The van der Waals surface area contributed by atoms with Crippen molar-refractivity contribution in [3.63, 3.8) is 0 Å². The number of nitrogens with one attached hydrogen (secondary N) is 3. The van der Waals surface area contributed by atoms with Gasteiger partial charge in [0.2, 0.25) is 16.0 Å². The van der Waals surface area contributed by atoms with Gasteiger partial charge in [0.15, 0.2) is 5.15 Å². The highest BCUT2D eigenvalue weighted by Crippen LogP contribution is 2.34. The zero-order valence-electron chi connectivity index (χ0n) is 22.4. The van der Waals surface area contributed by atoms with Crippen molar-refractivity contribution in [2.75, 3.05) is 35.5 Å². The van der Waals surface area contributed by atoms with Crippen LogP contribution < -0.4 is 15.4 Å². The molecular weight excluding hydrogens is 548 g/mol. The highest BCUT2D eigenvalue weighted by atomic mass is 35.5. The predicted molar refractivity (Wildman–Crippen MR) is 151 cm³/mol. The number of pyridine rings is 1. The van der Waals surface area contributed by atoms with E-state index in [4.69, 9.17) is 11.6 Å². The second-order valence-electron chi connectivity index (χ2n) is 10.7. The fourth-order valence-corrected chi connectivity index (χ4v) is 5.08. The van der Waals surface area contributed by atoms with Gasteiger partial charge in [-0.05, 0) is 84.8 Å². The average molecular weight is 580 g/mol. The van der Waals surface area contributed by atoms with Gasteiger partial charge < -0.3 is 15.5 Å². The summed E-state index contributed by atoms with van der Waals surface area (Å²) in [5.74, 6) is -0.868. The first-order valence-electron chi connectivity index (χ1n) is 12.5. The van der Waals surface area contributed by atoms with Gasteiger partial charge in [-0.25, -0.2) is 27.2 Å². The molecule has 9 nitrogen and oxygen atoms in total. The summed E-state index contributed by atoms with van der Waals surface area (Å²) in [6.07, 6.45) is 4.38. The van der Waals surface area contributed by atoms with E-state index < -0.39 is 26.4 Å². The van der Waals surface area contributed by atoms with Gasteiger partial charge >= 0.3 is 0 Å². The highest BCUT2D eigenvalue weighted by Gasteiger charge is 2.30. The third kappa shape index (κ3) is 6.74. The van der Waals surface area contributed by atoms with Crippen LogP contribution >= 0.6 is 11.6 Å². The first kappa shape index (κ1) is 28.9. The number of hydrogen-bond acceptors (Lipinski definition) is 8. The van der Waals surface area contributed by atoms with Crippen LogP contribution in [-0.2, 0) is 10.0 Å². The van der Waals surface area contributed by atoms with Gasteiger partial charge in [-0.3, -0.25) is 4.72 Å². The number of aryl methyl sites for hydroxylation is 1. The summed E-state index contributed by atoms with van der Waals surface area (Å²) in [6, 6.07) is 4.01. The zero-order valence-corrected chi connectivity index (χ0v) is 24.0. The molecule has 13 heteroatoms. The van der Waals surface area contributed by atoms with Gasteiger partial charge in [0.05, 0.1) is 22.3 Å². The summed E-state index contributed by atoms with van der Waals surface area (Å²) in [7, 11) is -1.74. The molecule has 0 bridgehead atoms. The Morgan fingerprint density at radius 2 is 1.64 bits per heavy atom. The average Bonchev–Trinajstić information content (AvgIpc) is 2.83. The second kappa shape index (κ2) is 11.2. The lowest BCUT2D eigenvalue weighted by Crippen LogP contribution is -2.33. The molecule has 1 aromatic carbocycles. The van der Waals surface area contributed by atoms with E-state index in [1.807, 2.05) is 7.05 Å². The van der Waals surface area contributed by atoms with Crippen LogP contribution in [0.3, 0.4) is 0 Å². The van der Waals surface area contributed by atoms with Crippen LogP contribution in [0.5, 0.6) is 0 Å². The van der Waals surface area contributed by atoms with Gasteiger partial charge in [-0.1, -0.05) is 11.6 Å². The van der Waals surface area contributed by atoms with Crippen molar-refractivity contribution in [3.8, 4) is 0 Å². The van der Waals surface area contributed by atoms with Crippen LogP contribution in [0, 0.1) is 18.6 Å². The molecule has 39 heavy (non-hydrogen) atoms. The van der Waals surface area contributed by atoms with Crippen LogP contribution in [0.25, 0.3) is 0 Å². The van der Waals surface area contributed by atoms with Crippen LogP contribution in [0.4, 0.5) is 37.6 Å². The third-order valence-electron chi connectivity index (χ3n) is 6.59. The number of aromatic nitrogens is 3. The molecule has 4 rings (SSSR count). The first-order chi connectivity index (χ1) is 18.2. The summed E-state index contributed by atoms with van der Waals surface area (Å²) >= 11 is 6.13. The van der Waals surface area contributed by atoms with Crippen molar-refractivity contribution >= 4 is 50.5 Å². The van der Waals surface area contributed by atoms with E-state index in [9.17, 15) is 17.2 Å². The van der Waals surface area contributed by atoms with Crippen molar-refractivity contribution < 1.29 is 17.2 Å². The SMILES string of the molecule is Cc1cnc(Nc2cc(F)c(C3CCN(C)CC3)c(F)c2)nc1Nc1cnc(Cl)c(NS(=O)(=O)C(C)(C)C)c1. The summed E-state index contributed by atoms with van der Waals surface area (Å²) in [5, 5.41) is 5.92. The van der Waals surface area contributed by atoms with Crippen molar-refractivity contribution in [1.29, 1.82) is 0 Å². The van der Waals surface area contributed by atoms with Gasteiger partial charge in [0.1, 0.15) is 17.5 Å². The number of halogens is 3. The Hall–Kier alpha value is -3.09. The molecular formula is C26H32ClF2N7O2S. The molecule has 3 aromatic rings. The summed E-state index contributed by atoms with van der Waals surface area (Å²) < 4.78 is 56.5. The first-order valence-corrected chi connectivity index (χ1v) is 14.3. The minimum absolute atomic E-state index is 0.0112. The Balaban J connectivity index is 1.54. The van der Waals surface area contributed by atoms with E-state index in [2.05, 4.69) is 35.2 Å². The van der Waals surface area contributed by atoms with Crippen molar-refractivity contribution in [3.05, 3.63) is 58.5 Å². The highest BCUT2D eigenvalue weighted by molar-refractivity contribution is 7.94. The molecule has 0 radical (unpaired) electrons. The molecule has 0 atom stereocenters. The number of nitrogens with zero attached hydrogens (tertiary/aromatic N) is 4. The minimum Gasteiger partial charge on any atom is -0.339 e. The Kier molecular flexibility index (Phi) is 8.29. The number of benzene rings is 1. The fourth-order valence-electron chi connectivity index (χ4n) is 4.12. The molecule has 1 fully saturated rings. The number of likely N-dealkylation sites (tertiary alicyclic amines) is 1. The lowest BCUT2D eigenvalue weighted by Gasteiger charge is -2.29. The Labute approximate surface area is 232 Å². The van der Waals surface area contributed by atoms with Crippen LogP contribution in [0.15, 0.2) is 30.6 Å². The van der Waals surface area contributed by atoms with E-state index in [1.54, 1.807) is 33.9 Å². The summed E-state index contributed by atoms with van der Waals surface area (Å²) in [5.41, 5.74) is 1.50. The molecule has 3 heterocycles. The number of piperidine rings is 1. The molecule has 2 aromatic heterocycles. The molecule has 1 aliphatic rings. The molecule has 0 unspecified atom stereocenters. The molecule has 210 valence electrons. The van der Waals surface area contributed by atoms with Gasteiger partial charge in [-0.2, -0.15) is 4.98 Å². The number of rotatable bonds is 7. The maximum absolute atomic E-state index is 15.0. The summed E-state index contributed by atoms with van der Waals surface area (Å²) in [4.78, 5) is 14.9. The van der Waals surface area contributed by atoms with E-state index in [0.29, 0.717) is 29.9 Å². The van der Waals surface area contributed by atoms with Crippen LogP contribution in [0.2, 0.25) is 5.15 Å². The molecule has 0 spiro atoms. The van der Waals surface area contributed by atoms with Crippen molar-refractivity contribution in [2.45, 2.75) is 51.2 Å². The van der Waals surface area contributed by atoms with E-state index >= 15 is 0 Å². The van der Waals surface area contributed by atoms with Gasteiger partial charge in [0, 0.05) is 23.0 Å². The minimum atomic E-state index is -3.73. The normalized spacial score (nSPS) is 15.3. The quantitative estimate of drug-likeness (QED) is 0.294. The van der Waals surface area contributed by atoms with Crippen LogP contribution in [-0.4, -0.2) is 53.2 Å². The Morgan fingerprint density at radius 3 is 2.26 bits per heavy atom. The van der Waals surface area contributed by atoms with E-state index in [-0.39, 0.29) is 34.0 Å². The summed E-state index contributed by atoms with van der Waals surface area (Å²) in [6.45, 7) is 8.06. The Morgan fingerprint density at radius 1 is 1.00 bits per heavy atom. The molecule has 1 saturated heterocycles. The predicted octanol–water partition coefficient (Wildman–Crippen LogP) is 5.95. The Bertz CT molecular complexity index is 1450. The van der Waals surface area contributed by atoms with Gasteiger partial charge in [-0.15, -0.1) is 0 Å².